The number of carbonyl (C=O) groups excluding carboxylic acids is 1. The fourth-order valence-corrected chi connectivity index (χ4v) is 2.74. The van der Waals surface area contributed by atoms with E-state index in [9.17, 15) is 13.2 Å². The van der Waals surface area contributed by atoms with Gasteiger partial charge in [-0.2, -0.15) is 0 Å². The number of amides is 1. The predicted molar refractivity (Wildman–Crippen MR) is 69.7 cm³/mol. The number of rotatable bonds is 8. The van der Waals surface area contributed by atoms with Crippen LogP contribution in [0.2, 0.25) is 0 Å². The van der Waals surface area contributed by atoms with E-state index in [1.54, 1.807) is 7.05 Å². The van der Waals surface area contributed by atoms with Gasteiger partial charge >= 0.3 is 0 Å². The third-order valence-electron chi connectivity index (χ3n) is 2.51. The average Bonchev–Trinajstić information content (AvgIpc) is 2.23. The van der Waals surface area contributed by atoms with Gasteiger partial charge in [0.15, 0.2) is 9.84 Å². The molecule has 0 aromatic carbocycles. The number of nitrogens with one attached hydrogen (secondary N) is 2. The van der Waals surface area contributed by atoms with Crippen molar-refractivity contribution >= 4 is 15.7 Å². The highest BCUT2D eigenvalue weighted by Crippen LogP contribution is 2.12. The molecule has 0 radical (unpaired) electrons. The van der Waals surface area contributed by atoms with Crippen LogP contribution in [0.3, 0.4) is 0 Å². The first-order chi connectivity index (χ1) is 7.75. The molecule has 0 aliphatic heterocycles. The molecule has 17 heavy (non-hydrogen) atoms. The van der Waals surface area contributed by atoms with E-state index in [0.29, 0.717) is 19.5 Å². The van der Waals surface area contributed by atoms with Crippen LogP contribution in [0.25, 0.3) is 0 Å². The molecule has 0 aliphatic rings. The molecule has 102 valence electrons. The summed E-state index contributed by atoms with van der Waals surface area (Å²) in [7, 11) is -1.35. The normalized spacial score (nSPS) is 12.5. The Morgan fingerprint density at radius 3 is 2.29 bits per heavy atom. The van der Waals surface area contributed by atoms with E-state index in [0.717, 1.165) is 0 Å². The molecule has 0 atom stereocenters. The first kappa shape index (κ1) is 16.4. The van der Waals surface area contributed by atoms with Gasteiger partial charge in [-0.15, -0.1) is 0 Å². The Bertz CT molecular complexity index is 337. The molecule has 0 bridgehead atoms. The third kappa shape index (κ3) is 6.63. The molecule has 2 N–H and O–H groups in total. The van der Waals surface area contributed by atoms with Gasteiger partial charge in [0, 0.05) is 25.9 Å². The quantitative estimate of drug-likeness (QED) is 0.613. The topological polar surface area (TPSA) is 75.3 Å². The van der Waals surface area contributed by atoms with Gasteiger partial charge in [0.1, 0.15) is 0 Å². The van der Waals surface area contributed by atoms with Gasteiger partial charge in [0.25, 0.3) is 0 Å². The summed E-state index contributed by atoms with van der Waals surface area (Å²) in [6.45, 7) is 6.34. The summed E-state index contributed by atoms with van der Waals surface area (Å²) in [5.74, 6) is 0.305. The van der Waals surface area contributed by atoms with Crippen LogP contribution in [0.4, 0.5) is 0 Å². The number of hydrogen-bond acceptors (Lipinski definition) is 4. The Balaban J connectivity index is 3.97. The van der Waals surface area contributed by atoms with Crippen LogP contribution in [0.1, 0.15) is 27.2 Å². The van der Waals surface area contributed by atoms with Crippen LogP contribution < -0.4 is 10.6 Å². The van der Waals surface area contributed by atoms with E-state index in [2.05, 4.69) is 10.6 Å². The van der Waals surface area contributed by atoms with Crippen molar-refractivity contribution < 1.29 is 13.2 Å². The highest BCUT2D eigenvalue weighted by Gasteiger charge is 2.25. The van der Waals surface area contributed by atoms with E-state index < -0.39 is 15.3 Å². The van der Waals surface area contributed by atoms with Crippen molar-refractivity contribution in [1.29, 1.82) is 0 Å². The van der Waals surface area contributed by atoms with E-state index in [4.69, 9.17) is 0 Å². The molecule has 0 saturated heterocycles. The summed E-state index contributed by atoms with van der Waals surface area (Å²) in [5.41, 5.74) is -0.525. The second-order valence-corrected chi connectivity index (χ2v) is 7.10. The van der Waals surface area contributed by atoms with Crippen molar-refractivity contribution in [3.05, 3.63) is 0 Å². The summed E-state index contributed by atoms with van der Waals surface area (Å²) in [6.07, 6.45) is 0.645. The molecule has 0 saturated carbocycles. The molecule has 0 aromatic heterocycles. The highest BCUT2D eigenvalue weighted by atomic mass is 32.2. The average molecular weight is 264 g/mol. The van der Waals surface area contributed by atoms with Gasteiger partial charge < -0.3 is 10.6 Å². The van der Waals surface area contributed by atoms with E-state index >= 15 is 0 Å². The molecule has 0 aliphatic carbocycles. The van der Waals surface area contributed by atoms with Crippen LogP contribution in [0.5, 0.6) is 0 Å². The second-order valence-electron chi connectivity index (χ2n) is 4.79. The molecule has 0 fully saturated rings. The minimum atomic E-state index is -2.94. The zero-order valence-electron chi connectivity index (χ0n) is 11.2. The molecule has 0 rings (SSSR count). The van der Waals surface area contributed by atoms with Crippen molar-refractivity contribution in [1.82, 2.24) is 10.6 Å². The molecular weight excluding hydrogens is 240 g/mol. The summed E-state index contributed by atoms with van der Waals surface area (Å²) >= 11 is 0. The summed E-state index contributed by atoms with van der Waals surface area (Å²) in [4.78, 5) is 11.5. The van der Waals surface area contributed by atoms with Crippen LogP contribution >= 0.6 is 0 Å². The Morgan fingerprint density at radius 2 is 1.82 bits per heavy atom. The van der Waals surface area contributed by atoms with Gasteiger partial charge in [0.2, 0.25) is 5.91 Å². The zero-order chi connectivity index (χ0) is 13.5. The Hall–Kier alpha value is -0.620. The summed E-state index contributed by atoms with van der Waals surface area (Å²) < 4.78 is 22.9. The van der Waals surface area contributed by atoms with E-state index in [1.165, 1.54) is 0 Å². The Kier molecular flexibility index (Phi) is 6.70. The molecule has 5 nitrogen and oxygen atoms in total. The Morgan fingerprint density at radius 1 is 1.24 bits per heavy atom. The standard InChI is InChI=1S/C11H24N2O3S/c1-5-7-17(15,16)8-6-13-9-11(2,3)10(14)12-4/h13H,5-9H2,1-4H3,(H,12,14). The fourth-order valence-electron chi connectivity index (χ4n) is 1.46. The van der Waals surface area contributed by atoms with Gasteiger partial charge in [0.05, 0.1) is 11.2 Å². The van der Waals surface area contributed by atoms with Crippen molar-refractivity contribution in [2.24, 2.45) is 5.41 Å². The molecule has 0 heterocycles. The molecule has 1 amide bonds. The molecule has 0 unspecified atom stereocenters. The van der Waals surface area contributed by atoms with Gasteiger partial charge in [-0.25, -0.2) is 8.42 Å². The van der Waals surface area contributed by atoms with Crippen molar-refractivity contribution in [3.63, 3.8) is 0 Å². The van der Waals surface area contributed by atoms with Crippen molar-refractivity contribution in [3.8, 4) is 0 Å². The van der Waals surface area contributed by atoms with Crippen LogP contribution in [-0.2, 0) is 14.6 Å². The molecular formula is C11H24N2O3S. The lowest BCUT2D eigenvalue weighted by Crippen LogP contribution is -2.43. The summed E-state index contributed by atoms with van der Waals surface area (Å²) in [5, 5.41) is 5.60. The maximum absolute atomic E-state index is 11.5. The van der Waals surface area contributed by atoms with Crippen LogP contribution in [-0.4, -0.2) is 46.0 Å². The first-order valence-corrected chi connectivity index (χ1v) is 7.70. The highest BCUT2D eigenvalue weighted by molar-refractivity contribution is 7.91. The SMILES string of the molecule is CCCS(=O)(=O)CCNCC(C)(C)C(=O)NC. The van der Waals surface area contributed by atoms with Gasteiger partial charge in [-0.05, 0) is 20.3 Å². The lowest BCUT2D eigenvalue weighted by Gasteiger charge is -2.22. The predicted octanol–water partition coefficient (Wildman–Crippen LogP) is 0.173. The van der Waals surface area contributed by atoms with Gasteiger partial charge in [-0.1, -0.05) is 6.92 Å². The first-order valence-electron chi connectivity index (χ1n) is 5.88. The second kappa shape index (κ2) is 6.96. The lowest BCUT2D eigenvalue weighted by atomic mass is 9.92. The summed E-state index contributed by atoms with van der Waals surface area (Å²) in [6, 6.07) is 0. The smallest absolute Gasteiger partial charge is 0.226 e. The van der Waals surface area contributed by atoms with E-state index in [1.807, 2.05) is 20.8 Å². The largest absolute Gasteiger partial charge is 0.359 e. The van der Waals surface area contributed by atoms with Crippen LogP contribution in [0.15, 0.2) is 0 Å². The third-order valence-corrected chi connectivity index (χ3v) is 4.37. The van der Waals surface area contributed by atoms with E-state index in [-0.39, 0.29) is 17.4 Å². The fraction of sp³-hybridized carbons (Fsp3) is 0.909. The van der Waals surface area contributed by atoms with Gasteiger partial charge in [-0.3, -0.25) is 4.79 Å². The monoisotopic (exact) mass is 264 g/mol. The lowest BCUT2D eigenvalue weighted by molar-refractivity contribution is -0.128. The van der Waals surface area contributed by atoms with Crippen LogP contribution in [0, 0.1) is 5.41 Å². The number of hydrogen-bond donors (Lipinski definition) is 2. The zero-order valence-corrected chi connectivity index (χ0v) is 12.0. The van der Waals surface area contributed by atoms with Crippen molar-refractivity contribution in [2.75, 3.05) is 31.6 Å². The molecule has 0 spiro atoms. The Labute approximate surface area is 104 Å². The minimum Gasteiger partial charge on any atom is -0.359 e. The molecule has 6 heteroatoms. The number of carbonyl (C=O) groups is 1. The minimum absolute atomic E-state index is 0.0542. The number of sulfone groups is 1. The molecule has 0 aromatic rings. The maximum atomic E-state index is 11.5. The maximum Gasteiger partial charge on any atom is 0.226 e. The van der Waals surface area contributed by atoms with Crippen molar-refractivity contribution in [2.45, 2.75) is 27.2 Å².